The molecule has 20 heavy (non-hydrogen) atoms. The molecule has 0 atom stereocenters. The number of carbonyl (C=O) groups excluding carboxylic acids is 1. The number of rotatable bonds is 7. The fourth-order valence-corrected chi connectivity index (χ4v) is 3.18. The first kappa shape index (κ1) is 17.1. The number of hydrogen-bond acceptors (Lipinski definition) is 3. The summed E-state index contributed by atoms with van der Waals surface area (Å²) in [5.74, 6) is -1.01. The monoisotopic (exact) mass is 406 g/mol. The fourth-order valence-electron chi connectivity index (χ4n) is 1.57. The van der Waals surface area contributed by atoms with Crippen molar-refractivity contribution in [3.8, 4) is 0 Å². The predicted octanol–water partition coefficient (Wildman–Crippen LogP) is 2.91. The van der Waals surface area contributed by atoms with Crippen LogP contribution in [0.5, 0.6) is 0 Å². The van der Waals surface area contributed by atoms with Gasteiger partial charge in [-0.3, -0.25) is 9.59 Å². The molecule has 0 radical (unpaired) electrons. The molecule has 5 nitrogen and oxygen atoms in total. The summed E-state index contributed by atoms with van der Waals surface area (Å²) in [5.41, 5.74) is 1.77. The molecule has 1 aromatic carbocycles. The lowest BCUT2D eigenvalue weighted by Crippen LogP contribution is -2.29. The lowest BCUT2D eigenvalue weighted by atomic mass is 10.2. The van der Waals surface area contributed by atoms with Crippen LogP contribution in [-0.4, -0.2) is 30.1 Å². The van der Waals surface area contributed by atoms with Gasteiger partial charge in [0.25, 0.3) is 0 Å². The Hall–Kier alpha value is -0.920. The summed E-state index contributed by atoms with van der Waals surface area (Å²) in [6.45, 7) is 2.60. The Balaban J connectivity index is 2.41. The maximum atomic E-state index is 11.8. The molecule has 110 valence electrons. The molecule has 1 aromatic rings. The van der Waals surface area contributed by atoms with Crippen LogP contribution in [0.3, 0.4) is 0 Å². The second kappa shape index (κ2) is 8.39. The van der Waals surface area contributed by atoms with Gasteiger partial charge in [-0.05, 0) is 69.4 Å². The van der Waals surface area contributed by atoms with E-state index in [9.17, 15) is 9.59 Å². The zero-order valence-electron chi connectivity index (χ0n) is 11.0. The maximum absolute atomic E-state index is 11.8. The zero-order chi connectivity index (χ0) is 15.1. The van der Waals surface area contributed by atoms with Crippen LogP contribution in [0.4, 0.5) is 5.69 Å². The third kappa shape index (κ3) is 6.02. The predicted molar refractivity (Wildman–Crippen MR) is 84.9 cm³/mol. The lowest BCUT2D eigenvalue weighted by molar-refractivity contribution is -0.137. The topological polar surface area (TPSA) is 78.4 Å². The number of aliphatic carboxylic acids is 1. The van der Waals surface area contributed by atoms with Gasteiger partial charge in [-0.2, -0.15) is 0 Å². The molecule has 1 amide bonds. The molecular formula is C13H16Br2N2O3. The molecule has 3 N–H and O–H groups in total. The van der Waals surface area contributed by atoms with Gasteiger partial charge < -0.3 is 15.7 Å². The summed E-state index contributed by atoms with van der Waals surface area (Å²) in [6, 6.07) is 3.83. The normalized spacial score (nSPS) is 10.3. The Morgan fingerprint density at radius 3 is 2.40 bits per heavy atom. The second-order valence-electron chi connectivity index (χ2n) is 4.33. The Morgan fingerprint density at radius 2 is 1.85 bits per heavy atom. The molecule has 0 heterocycles. The van der Waals surface area contributed by atoms with Crippen LogP contribution in [0.25, 0.3) is 0 Å². The van der Waals surface area contributed by atoms with E-state index in [1.165, 1.54) is 0 Å². The van der Waals surface area contributed by atoms with E-state index in [-0.39, 0.29) is 18.9 Å². The van der Waals surface area contributed by atoms with Crippen LogP contribution < -0.4 is 10.6 Å². The average molecular weight is 408 g/mol. The van der Waals surface area contributed by atoms with Crippen molar-refractivity contribution in [2.24, 2.45) is 0 Å². The maximum Gasteiger partial charge on any atom is 0.303 e. The van der Waals surface area contributed by atoms with Gasteiger partial charge in [0.15, 0.2) is 0 Å². The van der Waals surface area contributed by atoms with Crippen molar-refractivity contribution < 1.29 is 14.7 Å². The highest BCUT2D eigenvalue weighted by Crippen LogP contribution is 2.32. The average Bonchev–Trinajstić information content (AvgIpc) is 2.33. The first-order valence-corrected chi connectivity index (χ1v) is 7.66. The van der Waals surface area contributed by atoms with Crippen LogP contribution in [0.15, 0.2) is 21.1 Å². The molecule has 1 rings (SSSR count). The number of carboxylic acids is 1. The summed E-state index contributed by atoms with van der Waals surface area (Å²) in [7, 11) is 0. The molecule has 0 saturated carbocycles. The van der Waals surface area contributed by atoms with Crippen LogP contribution in [0.2, 0.25) is 0 Å². The fraction of sp³-hybridized carbons (Fsp3) is 0.385. The number of halogens is 2. The zero-order valence-corrected chi connectivity index (χ0v) is 14.2. The molecule has 0 saturated heterocycles. The van der Waals surface area contributed by atoms with Crippen LogP contribution in [0, 0.1) is 6.92 Å². The molecule has 0 fully saturated rings. The van der Waals surface area contributed by atoms with Gasteiger partial charge in [0, 0.05) is 15.4 Å². The molecule has 0 aliphatic carbocycles. The Kier molecular flexibility index (Phi) is 7.18. The minimum Gasteiger partial charge on any atom is -0.481 e. The standard InChI is InChI=1S/C13H16Br2N2O3/c1-8-5-9(14)13(10(15)6-8)17-11(18)7-16-4-2-3-12(19)20/h5-6,16H,2-4,7H2,1H3,(H,17,18)(H,19,20). The molecule has 0 spiro atoms. The van der Waals surface area contributed by atoms with E-state index >= 15 is 0 Å². The van der Waals surface area contributed by atoms with Crippen LogP contribution in [0.1, 0.15) is 18.4 Å². The van der Waals surface area contributed by atoms with Crippen molar-refractivity contribution >= 4 is 49.4 Å². The number of carbonyl (C=O) groups is 2. The number of hydrogen-bond donors (Lipinski definition) is 3. The van der Waals surface area contributed by atoms with Crippen molar-refractivity contribution in [2.75, 3.05) is 18.4 Å². The van der Waals surface area contributed by atoms with Crippen molar-refractivity contribution in [3.63, 3.8) is 0 Å². The summed E-state index contributed by atoms with van der Waals surface area (Å²) in [6.07, 6.45) is 0.601. The van der Waals surface area contributed by atoms with Gasteiger partial charge >= 0.3 is 5.97 Å². The highest BCUT2D eigenvalue weighted by atomic mass is 79.9. The number of amides is 1. The van der Waals surface area contributed by atoms with Gasteiger partial charge in [0.1, 0.15) is 0 Å². The number of aryl methyl sites for hydroxylation is 1. The van der Waals surface area contributed by atoms with Crippen LogP contribution in [-0.2, 0) is 9.59 Å². The first-order chi connectivity index (χ1) is 9.40. The van der Waals surface area contributed by atoms with Crippen molar-refractivity contribution in [1.82, 2.24) is 5.32 Å². The van der Waals surface area contributed by atoms with Gasteiger partial charge in [-0.15, -0.1) is 0 Å². The van der Waals surface area contributed by atoms with E-state index in [0.29, 0.717) is 18.7 Å². The van der Waals surface area contributed by atoms with E-state index in [2.05, 4.69) is 42.5 Å². The summed E-state index contributed by atoms with van der Waals surface area (Å²) in [4.78, 5) is 22.1. The first-order valence-electron chi connectivity index (χ1n) is 6.08. The number of anilines is 1. The molecule has 0 aromatic heterocycles. The summed E-state index contributed by atoms with van der Waals surface area (Å²) < 4.78 is 1.62. The minimum absolute atomic E-state index is 0.101. The SMILES string of the molecule is Cc1cc(Br)c(NC(=O)CNCCCC(=O)O)c(Br)c1. The quantitative estimate of drug-likeness (QED) is 0.607. The van der Waals surface area contributed by atoms with Gasteiger partial charge in [-0.25, -0.2) is 0 Å². The minimum atomic E-state index is -0.830. The Labute approximate surface area is 134 Å². The Bertz CT molecular complexity index is 483. The van der Waals surface area contributed by atoms with E-state index in [0.717, 1.165) is 14.5 Å². The van der Waals surface area contributed by atoms with Gasteiger partial charge in [0.2, 0.25) is 5.91 Å². The van der Waals surface area contributed by atoms with E-state index in [1.54, 1.807) is 0 Å². The molecule has 7 heteroatoms. The summed E-state index contributed by atoms with van der Waals surface area (Å²) in [5, 5.41) is 14.2. The van der Waals surface area contributed by atoms with E-state index in [1.807, 2.05) is 19.1 Å². The lowest BCUT2D eigenvalue weighted by Gasteiger charge is -2.11. The number of carboxylic acid groups (broad SMARTS) is 1. The van der Waals surface area contributed by atoms with E-state index < -0.39 is 5.97 Å². The van der Waals surface area contributed by atoms with Crippen molar-refractivity contribution in [3.05, 3.63) is 26.6 Å². The largest absolute Gasteiger partial charge is 0.481 e. The molecule has 0 aliphatic heterocycles. The van der Waals surface area contributed by atoms with Crippen molar-refractivity contribution in [2.45, 2.75) is 19.8 Å². The number of nitrogens with one attached hydrogen (secondary N) is 2. The molecular weight excluding hydrogens is 392 g/mol. The summed E-state index contributed by atoms with van der Waals surface area (Å²) >= 11 is 6.81. The third-order valence-corrected chi connectivity index (χ3v) is 3.73. The number of benzene rings is 1. The second-order valence-corrected chi connectivity index (χ2v) is 6.03. The smallest absolute Gasteiger partial charge is 0.303 e. The van der Waals surface area contributed by atoms with Crippen molar-refractivity contribution in [1.29, 1.82) is 0 Å². The molecule has 0 aliphatic rings. The highest BCUT2D eigenvalue weighted by Gasteiger charge is 2.09. The third-order valence-electron chi connectivity index (χ3n) is 2.48. The van der Waals surface area contributed by atoms with E-state index in [4.69, 9.17) is 5.11 Å². The van der Waals surface area contributed by atoms with Crippen LogP contribution >= 0.6 is 31.9 Å². The molecule has 0 bridgehead atoms. The van der Waals surface area contributed by atoms with Gasteiger partial charge in [-0.1, -0.05) is 0 Å². The highest BCUT2D eigenvalue weighted by molar-refractivity contribution is 9.11. The van der Waals surface area contributed by atoms with Gasteiger partial charge in [0.05, 0.1) is 12.2 Å². The molecule has 0 unspecified atom stereocenters. The Morgan fingerprint density at radius 1 is 1.25 bits per heavy atom.